The van der Waals surface area contributed by atoms with Gasteiger partial charge in [-0.25, -0.2) is 0 Å². The van der Waals surface area contributed by atoms with E-state index in [0.717, 1.165) is 35.5 Å². The topological polar surface area (TPSA) is 65.4 Å². The van der Waals surface area contributed by atoms with Crippen molar-refractivity contribution in [3.05, 3.63) is 78.0 Å². The molecule has 0 radical (unpaired) electrons. The Kier molecular flexibility index (Phi) is 7.91. The molecule has 3 rings (SSSR count). The zero-order chi connectivity index (χ0) is 20.6. The van der Waals surface area contributed by atoms with Gasteiger partial charge in [0.15, 0.2) is 8.38 Å². The zero-order valence-corrected chi connectivity index (χ0v) is 17.9. The Morgan fingerprint density at radius 1 is 0.897 bits per heavy atom. The van der Waals surface area contributed by atoms with Crippen LogP contribution in [0.25, 0.3) is 22.4 Å². The molecule has 0 unspecified atom stereocenters. The third-order valence-electron chi connectivity index (χ3n) is 4.91. The fourth-order valence-electron chi connectivity index (χ4n) is 3.26. The third kappa shape index (κ3) is 6.19. The lowest BCUT2D eigenvalue weighted by atomic mass is 9.95. The van der Waals surface area contributed by atoms with Crippen molar-refractivity contribution in [1.82, 2.24) is 10.3 Å². The van der Waals surface area contributed by atoms with Gasteiger partial charge in [-0.15, -0.1) is 0 Å². The van der Waals surface area contributed by atoms with Gasteiger partial charge < -0.3 is 15.1 Å². The molecule has 1 aromatic heterocycles. The van der Waals surface area contributed by atoms with Crippen molar-refractivity contribution in [3.63, 3.8) is 0 Å². The molecule has 2 aromatic carbocycles. The molecule has 0 amide bonds. The van der Waals surface area contributed by atoms with Gasteiger partial charge >= 0.3 is 0 Å². The summed E-state index contributed by atoms with van der Waals surface area (Å²) in [6, 6.07) is 23.2. The van der Waals surface area contributed by atoms with Gasteiger partial charge in [-0.05, 0) is 36.1 Å². The van der Waals surface area contributed by atoms with Crippen LogP contribution in [-0.4, -0.2) is 27.5 Å². The van der Waals surface area contributed by atoms with Crippen LogP contribution in [0.1, 0.15) is 37.4 Å². The fourth-order valence-corrected chi connectivity index (χ4v) is 3.70. The van der Waals surface area contributed by atoms with E-state index in [9.17, 15) is 0 Å². The third-order valence-corrected chi connectivity index (χ3v) is 5.62. The SMILES string of the molecule is CC(C)c1ccc(-c2ccc(CNCCCP(O)O)nc2-c2ccccc2)cc1. The van der Waals surface area contributed by atoms with E-state index in [1.54, 1.807) is 0 Å². The first-order valence-corrected chi connectivity index (χ1v) is 11.5. The number of benzene rings is 2. The monoisotopic (exact) mass is 408 g/mol. The second-order valence-electron chi connectivity index (χ2n) is 7.47. The Labute approximate surface area is 174 Å². The van der Waals surface area contributed by atoms with Crippen LogP contribution < -0.4 is 5.32 Å². The van der Waals surface area contributed by atoms with Gasteiger partial charge in [-0.2, -0.15) is 0 Å². The molecule has 152 valence electrons. The molecule has 0 aliphatic carbocycles. The minimum absolute atomic E-state index is 0.441. The lowest BCUT2D eigenvalue weighted by Crippen LogP contribution is -2.16. The molecule has 0 bridgehead atoms. The largest absolute Gasteiger partial charge is 0.350 e. The number of nitrogens with zero attached hydrogens (tertiary/aromatic N) is 1. The molecule has 0 aliphatic rings. The minimum atomic E-state index is -1.80. The first-order valence-electron chi connectivity index (χ1n) is 10.1. The second kappa shape index (κ2) is 10.6. The summed E-state index contributed by atoms with van der Waals surface area (Å²) in [5, 5.41) is 3.34. The summed E-state index contributed by atoms with van der Waals surface area (Å²) in [5.41, 5.74) is 6.68. The van der Waals surface area contributed by atoms with Crippen LogP contribution in [0.2, 0.25) is 0 Å². The van der Waals surface area contributed by atoms with E-state index in [0.29, 0.717) is 18.6 Å². The van der Waals surface area contributed by atoms with Crippen molar-refractivity contribution in [3.8, 4) is 22.4 Å². The van der Waals surface area contributed by atoms with Crippen molar-refractivity contribution in [2.45, 2.75) is 32.7 Å². The summed E-state index contributed by atoms with van der Waals surface area (Å²) in [6.07, 6.45) is 1.18. The lowest BCUT2D eigenvalue weighted by Gasteiger charge is -2.13. The quantitative estimate of drug-likeness (QED) is 0.331. The number of rotatable bonds is 9. The summed E-state index contributed by atoms with van der Waals surface area (Å²) in [5.74, 6) is 0.511. The van der Waals surface area contributed by atoms with E-state index in [1.807, 2.05) is 18.2 Å². The molecule has 5 heteroatoms. The predicted molar refractivity (Wildman–Crippen MR) is 122 cm³/mol. The van der Waals surface area contributed by atoms with E-state index in [4.69, 9.17) is 14.8 Å². The molecule has 0 atom stereocenters. The predicted octanol–water partition coefficient (Wildman–Crippen LogP) is 5.32. The van der Waals surface area contributed by atoms with Crippen molar-refractivity contribution in [2.24, 2.45) is 0 Å². The maximum absolute atomic E-state index is 9.00. The van der Waals surface area contributed by atoms with Crippen LogP contribution in [-0.2, 0) is 6.54 Å². The van der Waals surface area contributed by atoms with Crippen molar-refractivity contribution < 1.29 is 9.79 Å². The maximum atomic E-state index is 9.00. The van der Waals surface area contributed by atoms with Crippen molar-refractivity contribution in [2.75, 3.05) is 12.7 Å². The van der Waals surface area contributed by atoms with Crippen LogP contribution >= 0.6 is 8.38 Å². The van der Waals surface area contributed by atoms with E-state index in [1.165, 1.54) is 11.1 Å². The van der Waals surface area contributed by atoms with Gasteiger partial charge in [0, 0.05) is 23.8 Å². The van der Waals surface area contributed by atoms with Gasteiger partial charge in [0.1, 0.15) is 0 Å². The van der Waals surface area contributed by atoms with E-state index < -0.39 is 8.38 Å². The molecule has 0 saturated carbocycles. The first kappa shape index (κ1) is 21.6. The Morgan fingerprint density at radius 3 is 2.28 bits per heavy atom. The summed E-state index contributed by atoms with van der Waals surface area (Å²) in [4.78, 5) is 22.9. The summed E-state index contributed by atoms with van der Waals surface area (Å²) in [6.45, 7) is 5.80. The number of hydrogen-bond acceptors (Lipinski definition) is 4. The highest BCUT2D eigenvalue weighted by molar-refractivity contribution is 7.45. The van der Waals surface area contributed by atoms with Gasteiger partial charge in [0.2, 0.25) is 0 Å². The molecule has 1 heterocycles. The zero-order valence-electron chi connectivity index (χ0n) is 17.0. The van der Waals surface area contributed by atoms with Gasteiger partial charge in [-0.1, -0.05) is 74.5 Å². The number of hydrogen-bond donors (Lipinski definition) is 3. The Morgan fingerprint density at radius 2 is 1.62 bits per heavy atom. The molecule has 0 saturated heterocycles. The molecule has 29 heavy (non-hydrogen) atoms. The normalized spacial score (nSPS) is 11.4. The van der Waals surface area contributed by atoms with E-state index >= 15 is 0 Å². The molecule has 0 aliphatic heterocycles. The van der Waals surface area contributed by atoms with Gasteiger partial charge in [-0.3, -0.25) is 4.98 Å². The molecule has 3 N–H and O–H groups in total. The average Bonchev–Trinajstić information content (AvgIpc) is 2.74. The van der Waals surface area contributed by atoms with Crippen LogP contribution in [0.3, 0.4) is 0 Å². The number of nitrogens with one attached hydrogen (secondary N) is 1. The molecular weight excluding hydrogens is 379 g/mol. The summed E-state index contributed by atoms with van der Waals surface area (Å²) >= 11 is 0. The average molecular weight is 408 g/mol. The highest BCUT2D eigenvalue weighted by Gasteiger charge is 2.11. The molecule has 0 fully saturated rings. The highest BCUT2D eigenvalue weighted by Crippen LogP contribution is 2.31. The van der Waals surface area contributed by atoms with Gasteiger partial charge in [0.25, 0.3) is 0 Å². The smallest absolute Gasteiger partial charge is 0.164 e. The first-order chi connectivity index (χ1) is 14.0. The van der Waals surface area contributed by atoms with Crippen molar-refractivity contribution >= 4 is 8.38 Å². The Balaban J connectivity index is 1.84. The van der Waals surface area contributed by atoms with E-state index in [2.05, 4.69) is 67.7 Å². The molecule has 3 aromatic rings. The van der Waals surface area contributed by atoms with Crippen LogP contribution in [0.4, 0.5) is 0 Å². The fraction of sp³-hybridized carbons (Fsp3) is 0.292. The molecule has 0 spiro atoms. The van der Waals surface area contributed by atoms with Crippen molar-refractivity contribution in [1.29, 1.82) is 0 Å². The maximum Gasteiger partial charge on any atom is 0.164 e. The number of pyridine rings is 1. The van der Waals surface area contributed by atoms with Crippen LogP contribution in [0.15, 0.2) is 66.7 Å². The Hall–Kier alpha value is -2.10. The van der Waals surface area contributed by atoms with Crippen LogP contribution in [0, 0.1) is 0 Å². The summed E-state index contributed by atoms with van der Waals surface area (Å²) < 4.78 is 0. The summed E-state index contributed by atoms with van der Waals surface area (Å²) in [7, 11) is -1.80. The second-order valence-corrected chi connectivity index (χ2v) is 8.66. The van der Waals surface area contributed by atoms with Crippen LogP contribution in [0.5, 0.6) is 0 Å². The highest BCUT2D eigenvalue weighted by atomic mass is 31.2. The van der Waals surface area contributed by atoms with E-state index in [-0.39, 0.29) is 0 Å². The number of aromatic nitrogens is 1. The minimum Gasteiger partial charge on any atom is -0.350 e. The standard InChI is InChI=1S/C24H29N2O2P/c1-18(2)19-9-11-20(12-10-19)23-14-13-22(17-25-15-6-16-29(27)28)26-24(23)21-7-4-3-5-8-21/h3-5,7-14,18,25,27-28H,6,15-17H2,1-2H3. The lowest BCUT2D eigenvalue weighted by molar-refractivity contribution is 0.479. The molecule has 4 nitrogen and oxygen atoms in total. The van der Waals surface area contributed by atoms with Gasteiger partial charge in [0.05, 0.1) is 11.4 Å². The Bertz CT molecular complexity index is 897. The molecular formula is C24H29N2O2P.